The lowest BCUT2D eigenvalue weighted by molar-refractivity contribution is -0.127. The number of sulfone groups is 1. The minimum absolute atomic E-state index is 0.00329. The van der Waals surface area contributed by atoms with Crippen LogP contribution in [-0.2, 0) is 14.6 Å². The molecule has 0 spiro atoms. The van der Waals surface area contributed by atoms with Crippen molar-refractivity contribution in [3.8, 4) is 0 Å². The van der Waals surface area contributed by atoms with Gasteiger partial charge in [-0.05, 0) is 18.9 Å². The smallest absolute Gasteiger partial charge is 0.243 e. The molecule has 1 aromatic carbocycles. The average Bonchev–Trinajstić information content (AvgIpc) is 2.91. The number of amides is 1. The number of hydrogen-bond donors (Lipinski definition) is 2. The summed E-state index contributed by atoms with van der Waals surface area (Å²) in [5.74, 6) is 0.610. The third-order valence-corrected chi connectivity index (χ3v) is 5.87. The molecule has 0 radical (unpaired) electrons. The van der Waals surface area contributed by atoms with Crippen LogP contribution >= 0.6 is 0 Å². The van der Waals surface area contributed by atoms with Gasteiger partial charge >= 0.3 is 0 Å². The second-order valence-electron chi connectivity index (χ2n) is 6.47. The number of rotatable bonds is 5. The zero-order chi connectivity index (χ0) is 18.4. The summed E-state index contributed by atoms with van der Waals surface area (Å²) in [5.41, 5.74) is 1.08. The van der Waals surface area contributed by atoms with Crippen LogP contribution in [0.25, 0.3) is 0 Å². The van der Waals surface area contributed by atoms with E-state index in [1.54, 1.807) is 14.1 Å². The Balaban J connectivity index is 2.08. The largest absolute Gasteiger partial charge is 0.353 e. The van der Waals surface area contributed by atoms with Gasteiger partial charge in [0, 0.05) is 20.1 Å². The van der Waals surface area contributed by atoms with Crippen molar-refractivity contribution in [2.75, 3.05) is 32.1 Å². The summed E-state index contributed by atoms with van der Waals surface area (Å²) < 4.78 is 23.3. The molecule has 8 heteroatoms. The SMILES string of the molecule is CC(NC(=NCC(=O)N(C)C)NC1CCS(=O)(=O)C1)c1ccccc1. The number of carbonyl (C=O) groups excluding carboxylic acids is 1. The van der Waals surface area contributed by atoms with E-state index < -0.39 is 9.84 Å². The molecule has 2 atom stereocenters. The third kappa shape index (κ3) is 6.04. The van der Waals surface area contributed by atoms with Crippen molar-refractivity contribution >= 4 is 21.7 Å². The van der Waals surface area contributed by atoms with Crippen molar-refractivity contribution in [3.05, 3.63) is 35.9 Å². The minimum atomic E-state index is -2.99. The highest BCUT2D eigenvalue weighted by atomic mass is 32.2. The van der Waals surface area contributed by atoms with Gasteiger partial charge < -0.3 is 15.5 Å². The van der Waals surface area contributed by atoms with Gasteiger partial charge in [0.1, 0.15) is 6.54 Å². The number of benzene rings is 1. The normalized spacial score (nSPS) is 20.8. The molecule has 1 heterocycles. The van der Waals surface area contributed by atoms with E-state index in [4.69, 9.17) is 0 Å². The highest BCUT2D eigenvalue weighted by Crippen LogP contribution is 2.13. The molecule has 0 bridgehead atoms. The highest BCUT2D eigenvalue weighted by molar-refractivity contribution is 7.91. The van der Waals surface area contributed by atoms with Gasteiger partial charge in [0.15, 0.2) is 15.8 Å². The van der Waals surface area contributed by atoms with Crippen molar-refractivity contribution in [1.29, 1.82) is 0 Å². The fraction of sp³-hybridized carbons (Fsp3) is 0.529. The van der Waals surface area contributed by atoms with Crippen LogP contribution in [0, 0.1) is 0 Å². The first-order valence-corrected chi connectivity index (χ1v) is 10.1. The maximum Gasteiger partial charge on any atom is 0.243 e. The Morgan fingerprint density at radius 2 is 2.00 bits per heavy atom. The molecule has 0 saturated carbocycles. The average molecular weight is 366 g/mol. The maximum absolute atomic E-state index is 11.8. The van der Waals surface area contributed by atoms with Crippen molar-refractivity contribution in [2.45, 2.75) is 25.4 Å². The van der Waals surface area contributed by atoms with E-state index in [0.717, 1.165) is 5.56 Å². The van der Waals surface area contributed by atoms with E-state index in [1.165, 1.54) is 4.90 Å². The second kappa shape index (κ2) is 8.33. The Bertz CT molecular complexity index is 717. The molecule has 2 N–H and O–H groups in total. The van der Waals surface area contributed by atoms with Gasteiger partial charge in [0.05, 0.1) is 17.5 Å². The number of carbonyl (C=O) groups is 1. The quantitative estimate of drug-likeness (QED) is 0.587. The molecule has 1 fully saturated rings. The second-order valence-corrected chi connectivity index (χ2v) is 8.70. The molecule has 1 aliphatic rings. The maximum atomic E-state index is 11.8. The van der Waals surface area contributed by atoms with E-state index in [1.807, 2.05) is 37.3 Å². The zero-order valence-corrected chi connectivity index (χ0v) is 15.7. The van der Waals surface area contributed by atoms with Gasteiger partial charge in [0.2, 0.25) is 5.91 Å². The molecule has 1 saturated heterocycles. The Morgan fingerprint density at radius 1 is 1.32 bits per heavy atom. The van der Waals surface area contributed by atoms with E-state index in [-0.39, 0.29) is 36.0 Å². The molecule has 2 rings (SSSR count). The monoisotopic (exact) mass is 366 g/mol. The summed E-state index contributed by atoms with van der Waals surface area (Å²) in [5, 5.41) is 6.41. The van der Waals surface area contributed by atoms with Crippen molar-refractivity contribution in [3.63, 3.8) is 0 Å². The van der Waals surface area contributed by atoms with E-state index in [2.05, 4.69) is 15.6 Å². The van der Waals surface area contributed by atoms with Crippen LogP contribution in [0.15, 0.2) is 35.3 Å². The topological polar surface area (TPSA) is 90.9 Å². The van der Waals surface area contributed by atoms with Crippen molar-refractivity contribution in [2.24, 2.45) is 4.99 Å². The first-order chi connectivity index (χ1) is 11.8. The van der Waals surface area contributed by atoms with Gasteiger partial charge in [-0.3, -0.25) is 4.79 Å². The lowest BCUT2D eigenvalue weighted by Gasteiger charge is -2.21. The summed E-state index contributed by atoms with van der Waals surface area (Å²) in [7, 11) is 0.363. The summed E-state index contributed by atoms with van der Waals surface area (Å²) in [6.45, 7) is 2.00. The Kier molecular flexibility index (Phi) is 6.41. The molecule has 0 aliphatic carbocycles. The predicted octanol–water partition coefficient (Wildman–Crippen LogP) is 0.558. The zero-order valence-electron chi connectivity index (χ0n) is 14.9. The van der Waals surface area contributed by atoms with Crippen molar-refractivity contribution < 1.29 is 13.2 Å². The Hall–Kier alpha value is -2.09. The number of nitrogens with zero attached hydrogens (tertiary/aromatic N) is 2. The lowest BCUT2D eigenvalue weighted by Crippen LogP contribution is -2.45. The summed E-state index contributed by atoms with van der Waals surface area (Å²) >= 11 is 0. The number of nitrogens with one attached hydrogen (secondary N) is 2. The first kappa shape index (κ1) is 19.2. The molecule has 1 amide bonds. The summed E-state index contributed by atoms with van der Waals surface area (Å²) in [6, 6.07) is 9.64. The number of likely N-dealkylation sites (N-methyl/N-ethyl adjacent to an activating group) is 1. The number of guanidine groups is 1. The van der Waals surface area contributed by atoms with Crippen LogP contribution in [0.4, 0.5) is 0 Å². The van der Waals surface area contributed by atoms with Gasteiger partial charge in [-0.25, -0.2) is 13.4 Å². The standard InChI is InChI=1S/C17H26N4O3S/c1-13(14-7-5-4-6-8-14)19-17(18-11-16(22)21(2)3)20-15-9-10-25(23,24)12-15/h4-8,13,15H,9-12H2,1-3H3,(H2,18,19,20). The van der Waals surface area contributed by atoms with Crippen LogP contribution in [0.1, 0.15) is 24.9 Å². The van der Waals surface area contributed by atoms with E-state index >= 15 is 0 Å². The van der Waals surface area contributed by atoms with Gasteiger partial charge in [0.25, 0.3) is 0 Å². The minimum Gasteiger partial charge on any atom is -0.353 e. The van der Waals surface area contributed by atoms with E-state index in [0.29, 0.717) is 12.4 Å². The lowest BCUT2D eigenvalue weighted by atomic mass is 10.1. The summed E-state index contributed by atoms with van der Waals surface area (Å²) in [6.07, 6.45) is 0.546. The predicted molar refractivity (Wildman–Crippen MR) is 99.2 cm³/mol. The van der Waals surface area contributed by atoms with Gasteiger partial charge in [-0.2, -0.15) is 0 Å². The van der Waals surface area contributed by atoms with E-state index in [9.17, 15) is 13.2 Å². The molecule has 7 nitrogen and oxygen atoms in total. The van der Waals surface area contributed by atoms with Crippen LogP contribution in [0.3, 0.4) is 0 Å². The Labute approximate surface area is 149 Å². The Morgan fingerprint density at radius 3 is 2.56 bits per heavy atom. The summed E-state index contributed by atoms with van der Waals surface area (Å²) in [4.78, 5) is 17.6. The molecule has 1 aromatic rings. The fourth-order valence-corrected chi connectivity index (χ4v) is 4.23. The van der Waals surface area contributed by atoms with Crippen LogP contribution < -0.4 is 10.6 Å². The molecule has 2 unspecified atom stereocenters. The van der Waals surface area contributed by atoms with Gasteiger partial charge in [-0.15, -0.1) is 0 Å². The molecular weight excluding hydrogens is 340 g/mol. The molecule has 25 heavy (non-hydrogen) atoms. The number of hydrogen-bond acceptors (Lipinski definition) is 4. The molecule has 138 valence electrons. The van der Waals surface area contributed by atoms with Crippen LogP contribution in [0.2, 0.25) is 0 Å². The highest BCUT2D eigenvalue weighted by Gasteiger charge is 2.28. The van der Waals surface area contributed by atoms with Crippen LogP contribution in [0.5, 0.6) is 0 Å². The number of aliphatic imine (C=N–C) groups is 1. The molecular formula is C17H26N4O3S. The first-order valence-electron chi connectivity index (χ1n) is 8.30. The molecule has 1 aliphatic heterocycles. The van der Waals surface area contributed by atoms with Crippen molar-refractivity contribution in [1.82, 2.24) is 15.5 Å². The molecule has 0 aromatic heterocycles. The third-order valence-electron chi connectivity index (χ3n) is 4.10. The van der Waals surface area contributed by atoms with Gasteiger partial charge in [-0.1, -0.05) is 30.3 Å². The fourth-order valence-electron chi connectivity index (χ4n) is 2.55. The van der Waals surface area contributed by atoms with Crippen LogP contribution in [-0.4, -0.2) is 63.4 Å².